The average molecular weight is 238 g/mol. The van der Waals surface area contributed by atoms with Crippen LogP contribution in [0, 0.1) is 17.0 Å². The molecule has 0 aliphatic heterocycles. The summed E-state index contributed by atoms with van der Waals surface area (Å²) in [4.78, 5) is 21.5. The van der Waals surface area contributed by atoms with Crippen molar-refractivity contribution in [3.8, 4) is 0 Å². The lowest BCUT2D eigenvalue weighted by atomic mass is 10.1. The summed E-state index contributed by atoms with van der Waals surface area (Å²) in [7, 11) is 0. The molecule has 1 amide bonds. The molecule has 0 aliphatic carbocycles. The molecule has 0 spiro atoms. The van der Waals surface area contributed by atoms with Gasteiger partial charge >= 0.3 is 6.09 Å². The van der Waals surface area contributed by atoms with E-state index in [9.17, 15) is 14.9 Å². The number of nitrogens with one attached hydrogen (secondary N) is 1. The van der Waals surface area contributed by atoms with Crippen molar-refractivity contribution in [2.45, 2.75) is 20.3 Å². The predicted molar refractivity (Wildman–Crippen MR) is 63.1 cm³/mol. The number of nitro benzene ring substituents is 1. The van der Waals surface area contributed by atoms with Crippen LogP contribution in [0.25, 0.3) is 0 Å². The molecule has 1 aromatic rings. The molecule has 6 heteroatoms. The lowest BCUT2D eigenvalue weighted by Gasteiger charge is -2.08. The summed E-state index contributed by atoms with van der Waals surface area (Å²) in [6.07, 6.45) is 0.122. The van der Waals surface area contributed by atoms with Gasteiger partial charge in [-0.15, -0.1) is 0 Å². The van der Waals surface area contributed by atoms with E-state index in [0.29, 0.717) is 17.9 Å². The average Bonchev–Trinajstić information content (AvgIpc) is 2.28. The molecule has 0 unspecified atom stereocenters. The van der Waals surface area contributed by atoms with E-state index in [4.69, 9.17) is 4.74 Å². The smallest absolute Gasteiger partial charge is 0.411 e. The minimum Gasteiger partial charge on any atom is -0.449 e. The fraction of sp³-hybridized carbons (Fsp3) is 0.364. The van der Waals surface area contributed by atoms with Crippen LogP contribution in [0.4, 0.5) is 16.2 Å². The SMILES string of the molecule is CCCOC(=O)Nc1cccc([N+](=O)[O-])c1C. The number of ether oxygens (including phenoxy) is 1. The molecule has 1 aromatic carbocycles. The van der Waals surface area contributed by atoms with Crippen LogP contribution in [0.2, 0.25) is 0 Å². The van der Waals surface area contributed by atoms with Gasteiger partial charge < -0.3 is 4.74 Å². The number of amides is 1. The molecule has 0 aliphatic rings. The van der Waals surface area contributed by atoms with Gasteiger partial charge in [0.15, 0.2) is 0 Å². The number of nitrogens with zero attached hydrogens (tertiary/aromatic N) is 1. The first-order chi connectivity index (χ1) is 8.06. The minimum atomic E-state index is -0.601. The van der Waals surface area contributed by atoms with Gasteiger partial charge in [-0.2, -0.15) is 0 Å². The van der Waals surface area contributed by atoms with Crippen LogP contribution >= 0.6 is 0 Å². The summed E-state index contributed by atoms with van der Waals surface area (Å²) in [6.45, 7) is 3.78. The third kappa shape index (κ3) is 3.44. The van der Waals surface area contributed by atoms with Crippen molar-refractivity contribution in [2.75, 3.05) is 11.9 Å². The largest absolute Gasteiger partial charge is 0.449 e. The Labute approximate surface area is 98.7 Å². The maximum Gasteiger partial charge on any atom is 0.411 e. The highest BCUT2D eigenvalue weighted by Gasteiger charge is 2.14. The van der Waals surface area contributed by atoms with E-state index in [1.165, 1.54) is 12.1 Å². The molecule has 0 atom stereocenters. The van der Waals surface area contributed by atoms with Gasteiger partial charge in [-0.05, 0) is 19.4 Å². The van der Waals surface area contributed by atoms with E-state index in [2.05, 4.69) is 5.32 Å². The molecular weight excluding hydrogens is 224 g/mol. The maximum atomic E-state index is 11.3. The van der Waals surface area contributed by atoms with Gasteiger partial charge in [0.25, 0.3) is 5.69 Å². The zero-order chi connectivity index (χ0) is 12.8. The second-order valence-corrected chi connectivity index (χ2v) is 3.47. The zero-order valence-corrected chi connectivity index (χ0v) is 9.73. The van der Waals surface area contributed by atoms with Gasteiger partial charge in [0.2, 0.25) is 0 Å². The Balaban J connectivity index is 2.81. The van der Waals surface area contributed by atoms with Crippen LogP contribution < -0.4 is 5.32 Å². The first-order valence-electron chi connectivity index (χ1n) is 5.24. The second-order valence-electron chi connectivity index (χ2n) is 3.47. The van der Waals surface area contributed by atoms with E-state index in [1.807, 2.05) is 6.92 Å². The number of benzene rings is 1. The van der Waals surface area contributed by atoms with Crippen LogP contribution in [0.1, 0.15) is 18.9 Å². The molecule has 0 saturated carbocycles. The standard InChI is InChI=1S/C11H14N2O4/c1-3-7-17-11(14)12-9-5-4-6-10(8(9)2)13(15)16/h4-6H,3,7H2,1-2H3,(H,12,14). The Hall–Kier alpha value is -2.11. The summed E-state index contributed by atoms with van der Waals surface area (Å²) < 4.78 is 4.83. The predicted octanol–water partition coefficient (Wildman–Crippen LogP) is 2.86. The summed E-state index contributed by atoms with van der Waals surface area (Å²) in [5.41, 5.74) is 0.768. The monoisotopic (exact) mass is 238 g/mol. The number of hydrogen-bond donors (Lipinski definition) is 1. The number of anilines is 1. The Morgan fingerprint density at radius 1 is 1.53 bits per heavy atom. The van der Waals surface area contributed by atoms with Gasteiger partial charge in [0.1, 0.15) is 0 Å². The zero-order valence-electron chi connectivity index (χ0n) is 9.73. The summed E-state index contributed by atoms with van der Waals surface area (Å²) >= 11 is 0. The highest BCUT2D eigenvalue weighted by molar-refractivity contribution is 5.86. The lowest BCUT2D eigenvalue weighted by Crippen LogP contribution is -2.15. The van der Waals surface area contributed by atoms with Crippen molar-refractivity contribution in [3.05, 3.63) is 33.9 Å². The minimum absolute atomic E-state index is 0.0294. The molecule has 0 saturated heterocycles. The summed E-state index contributed by atoms with van der Waals surface area (Å²) in [5.74, 6) is 0. The summed E-state index contributed by atoms with van der Waals surface area (Å²) in [5, 5.41) is 13.2. The Morgan fingerprint density at radius 2 is 2.24 bits per heavy atom. The van der Waals surface area contributed by atoms with Gasteiger partial charge in [-0.1, -0.05) is 13.0 Å². The number of carbonyl (C=O) groups is 1. The second kappa shape index (κ2) is 5.83. The van der Waals surface area contributed by atoms with Crippen LogP contribution in [0.3, 0.4) is 0 Å². The highest BCUT2D eigenvalue weighted by atomic mass is 16.6. The van der Waals surface area contributed by atoms with Crippen molar-refractivity contribution in [1.29, 1.82) is 0 Å². The third-order valence-electron chi connectivity index (χ3n) is 2.18. The Kier molecular flexibility index (Phi) is 4.45. The highest BCUT2D eigenvalue weighted by Crippen LogP contribution is 2.24. The fourth-order valence-electron chi connectivity index (χ4n) is 1.30. The van der Waals surface area contributed by atoms with Crippen LogP contribution in [0.15, 0.2) is 18.2 Å². The molecule has 0 aromatic heterocycles. The molecule has 17 heavy (non-hydrogen) atoms. The van der Waals surface area contributed by atoms with Gasteiger partial charge in [-0.3, -0.25) is 15.4 Å². The number of carbonyl (C=O) groups excluding carboxylic acids is 1. The number of nitro groups is 1. The van der Waals surface area contributed by atoms with E-state index in [-0.39, 0.29) is 5.69 Å². The van der Waals surface area contributed by atoms with Crippen molar-refractivity contribution < 1.29 is 14.5 Å². The molecule has 1 rings (SSSR count). The molecule has 1 N–H and O–H groups in total. The number of rotatable bonds is 4. The molecule has 92 valence electrons. The van der Waals surface area contributed by atoms with E-state index < -0.39 is 11.0 Å². The van der Waals surface area contributed by atoms with Crippen molar-refractivity contribution in [1.82, 2.24) is 0 Å². The van der Waals surface area contributed by atoms with Crippen LogP contribution in [-0.2, 0) is 4.74 Å². The van der Waals surface area contributed by atoms with Gasteiger partial charge in [0.05, 0.1) is 22.8 Å². The Morgan fingerprint density at radius 3 is 2.82 bits per heavy atom. The molecule has 0 fully saturated rings. The maximum absolute atomic E-state index is 11.3. The first kappa shape index (κ1) is 13.0. The van der Waals surface area contributed by atoms with Crippen molar-refractivity contribution >= 4 is 17.5 Å². The molecule has 6 nitrogen and oxygen atoms in total. The Bertz CT molecular complexity index is 431. The molecule has 0 radical (unpaired) electrons. The quantitative estimate of drug-likeness (QED) is 0.645. The third-order valence-corrected chi connectivity index (χ3v) is 2.18. The molecule has 0 bridgehead atoms. The van der Waals surface area contributed by atoms with Crippen LogP contribution in [-0.4, -0.2) is 17.6 Å². The lowest BCUT2D eigenvalue weighted by molar-refractivity contribution is -0.385. The van der Waals surface area contributed by atoms with Gasteiger partial charge in [0, 0.05) is 6.07 Å². The van der Waals surface area contributed by atoms with E-state index >= 15 is 0 Å². The number of hydrogen-bond acceptors (Lipinski definition) is 4. The molecule has 0 heterocycles. The van der Waals surface area contributed by atoms with Crippen LogP contribution in [0.5, 0.6) is 0 Å². The van der Waals surface area contributed by atoms with Gasteiger partial charge in [-0.25, -0.2) is 4.79 Å². The first-order valence-corrected chi connectivity index (χ1v) is 5.24. The van der Waals surface area contributed by atoms with Crippen molar-refractivity contribution in [3.63, 3.8) is 0 Å². The van der Waals surface area contributed by atoms with Crippen molar-refractivity contribution in [2.24, 2.45) is 0 Å². The topological polar surface area (TPSA) is 81.5 Å². The fourth-order valence-corrected chi connectivity index (χ4v) is 1.30. The van der Waals surface area contributed by atoms with E-state index in [0.717, 1.165) is 6.42 Å². The normalized spacial score (nSPS) is 9.76. The molecular formula is C11H14N2O4. The van der Waals surface area contributed by atoms with E-state index in [1.54, 1.807) is 13.0 Å². The summed E-state index contributed by atoms with van der Waals surface area (Å²) in [6, 6.07) is 4.49.